The summed E-state index contributed by atoms with van der Waals surface area (Å²) in [6, 6.07) is 2.71. The van der Waals surface area contributed by atoms with Crippen LogP contribution < -0.4 is 15.2 Å². The average molecular weight is 249 g/mol. The van der Waals surface area contributed by atoms with E-state index in [0.29, 0.717) is 17.1 Å². The van der Waals surface area contributed by atoms with Gasteiger partial charge >= 0.3 is 6.18 Å². The number of methoxy groups -OCH3 is 2. The quantitative estimate of drug-likeness (QED) is 0.889. The predicted molar refractivity (Wildman–Crippen MR) is 57.3 cm³/mol. The van der Waals surface area contributed by atoms with E-state index in [1.165, 1.54) is 26.4 Å². The van der Waals surface area contributed by atoms with Crippen LogP contribution in [0.4, 0.5) is 13.2 Å². The zero-order valence-corrected chi connectivity index (χ0v) is 9.54. The predicted octanol–water partition coefficient (Wildman–Crippen LogP) is 2.14. The second kappa shape index (κ2) is 5.27. The van der Waals surface area contributed by atoms with Crippen LogP contribution in [0.1, 0.15) is 5.56 Å². The van der Waals surface area contributed by atoms with Crippen LogP contribution in [0, 0.1) is 0 Å². The molecule has 1 aromatic rings. The van der Waals surface area contributed by atoms with Crippen LogP contribution >= 0.6 is 0 Å². The van der Waals surface area contributed by atoms with E-state index in [1.54, 1.807) is 6.07 Å². The third-order valence-electron chi connectivity index (χ3n) is 2.29. The molecule has 2 N–H and O–H groups in total. The van der Waals surface area contributed by atoms with Gasteiger partial charge in [0, 0.05) is 6.07 Å². The Bertz CT molecular complexity index is 357. The molecule has 6 heteroatoms. The third kappa shape index (κ3) is 3.81. The first kappa shape index (κ1) is 13.6. The van der Waals surface area contributed by atoms with Crippen molar-refractivity contribution in [3.63, 3.8) is 0 Å². The summed E-state index contributed by atoms with van der Waals surface area (Å²) < 4.78 is 46.9. The summed E-state index contributed by atoms with van der Waals surface area (Å²) in [4.78, 5) is 0. The van der Waals surface area contributed by atoms with Gasteiger partial charge in [-0.1, -0.05) is 0 Å². The van der Waals surface area contributed by atoms with E-state index >= 15 is 0 Å². The van der Waals surface area contributed by atoms with Crippen LogP contribution in [0.2, 0.25) is 0 Å². The highest BCUT2D eigenvalue weighted by Gasteiger charge is 2.36. The molecule has 1 atom stereocenters. The van der Waals surface area contributed by atoms with E-state index in [9.17, 15) is 13.2 Å². The van der Waals surface area contributed by atoms with Gasteiger partial charge in [0.1, 0.15) is 17.5 Å². The van der Waals surface area contributed by atoms with Gasteiger partial charge in [0.15, 0.2) is 0 Å². The van der Waals surface area contributed by atoms with Crippen LogP contribution in [-0.4, -0.2) is 26.4 Å². The Labute approximate surface area is 97.3 Å². The molecule has 0 aliphatic carbocycles. The number of halogens is 3. The number of hydrogen-bond donors (Lipinski definition) is 1. The normalized spacial score (nSPS) is 13.3. The maximum Gasteiger partial charge on any atom is 0.403 e. The van der Waals surface area contributed by atoms with Crippen molar-refractivity contribution in [2.45, 2.75) is 18.6 Å². The molecule has 0 aliphatic heterocycles. The summed E-state index contributed by atoms with van der Waals surface area (Å²) in [6.45, 7) is 0. The summed E-state index contributed by atoms with van der Waals surface area (Å²) in [5, 5.41) is 0. The first-order valence-electron chi connectivity index (χ1n) is 4.91. The largest absolute Gasteiger partial charge is 0.497 e. The summed E-state index contributed by atoms with van der Waals surface area (Å²) in [5.41, 5.74) is 5.48. The van der Waals surface area contributed by atoms with E-state index in [4.69, 9.17) is 15.2 Å². The van der Waals surface area contributed by atoms with Crippen LogP contribution in [0.5, 0.6) is 11.5 Å². The van der Waals surface area contributed by atoms with Gasteiger partial charge in [0.2, 0.25) is 0 Å². The molecule has 1 unspecified atom stereocenters. The van der Waals surface area contributed by atoms with E-state index in [2.05, 4.69) is 0 Å². The number of benzene rings is 1. The highest BCUT2D eigenvalue weighted by atomic mass is 19.4. The molecule has 0 fully saturated rings. The van der Waals surface area contributed by atoms with Gasteiger partial charge in [-0.3, -0.25) is 0 Å². The standard InChI is InChI=1S/C11H14F3NO2/c1-16-8-3-7(4-9(6-8)17-2)5-10(15)11(12,13)14/h3-4,6,10H,5,15H2,1-2H3. The van der Waals surface area contributed by atoms with Crippen LogP contribution in [-0.2, 0) is 6.42 Å². The lowest BCUT2D eigenvalue weighted by atomic mass is 10.1. The number of hydrogen-bond acceptors (Lipinski definition) is 3. The molecular formula is C11H14F3NO2. The molecule has 3 nitrogen and oxygen atoms in total. The highest BCUT2D eigenvalue weighted by molar-refractivity contribution is 5.38. The lowest BCUT2D eigenvalue weighted by molar-refractivity contribution is -0.147. The first-order chi connectivity index (χ1) is 7.86. The van der Waals surface area contributed by atoms with Crippen LogP contribution in [0.25, 0.3) is 0 Å². The van der Waals surface area contributed by atoms with Crippen molar-refractivity contribution in [3.8, 4) is 11.5 Å². The Morgan fingerprint density at radius 3 is 1.94 bits per heavy atom. The SMILES string of the molecule is COc1cc(CC(N)C(F)(F)F)cc(OC)c1. The molecule has 0 aliphatic rings. The van der Waals surface area contributed by atoms with Gasteiger partial charge in [0.05, 0.1) is 14.2 Å². The Morgan fingerprint density at radius 2 is 1.59 bits per heavy atom. The van der Waals surface area contributed by atoms with Crippen LogP contribution in [0.3, 0.4) is 0 Å². The molecule has 0 spiro atoms. The Balaban J connectivity index is 2.90. The molecule has 0 heterocycles. The van der Waals surface area contributed by atoms with E-state index in [1.807, 2.05) is 0 Å². The minimum Gasteiger partial charge on any atom is -0.497 e. The topological polar surface area (TPSA) is 44.5 Å². The zero-order chi connectivity index (χ0) is 13.1. The maximum atomic E-state index is 12.3. The molecule has 0 amide bonds. The van der Waals surface area contributed by atoms with Crippen molar-refractivity contribution in [3.05, 3.63) is 23.8 Å². The van der Waals surface area contributed by atoms with Crippen molar-refractivity contribution < 1.29 is 22.6 Å². The van der Waals surface area contributed by atoms with Gasteiger partial charge < -0.3 is 15.2 Å². The highest BCUT2D eigenvalue weighted by Crippen LogP contribution is 2.26. The average Bonchev–Trinajstić information content (AvgIpc) is 2.27. The number of alkyl halides is 3. The number of rotatable bonds is 4. The van der Waals surface area contributed by atoms with E-state index in [-0.39, 0.29) is 6.42 Å². The summed E-state index contributed by atoms with van der Waals surface area (Å²) in [7, 11) is 2.87. The zero-order valence-electron chi connectivity index (χ0n) is 9.54. The van der Waals surface area contributed by atoms with E-state index in [0.717, 1.165) is 0 Å². The number of nitrogens with two attached hydrogens (primary N) is 1. The fraction of sp³-hybridized carbons (Fsp3) is 0.455. The Hall–Kier alpha value is -1.43. The Morgan fingerprint density at radius 1 is 1.12 bits per heavy atom. The number of ether oxygens (including phenoxy) is 2. The molecular weight excluding hydrogens is 235 g/mol. The van der Waals surface area contributed by atoms with Crippen molar-refractivity contribution >= 4 is 0 Å². The summed E-state index contributed by atoms with van der Waals surface area (Å²) in [6.07, 6.45) is -4.71. The van der Waals surface area contributed by atoms with Crippen molar-refractivity contribution in [2.75, 3.05) is 14.2 Å². The summed E-state index contributed by atoms with van der Waals surface area (Å²) >= 11 is 0. The van der Waals surface area contributed by atoms with Gasteiger partial charge in [-0.15, -0.1) is 0 Å². The Kier molecular flexibility index (Phi) is 4.22. The molecule has 0 radical (unpaired) electrons. The molecule has 17 heavy (non-hydrogen) atoms. The minimum atomic E-state index is -4.41. The molecule has 0 aromatic heterocycles. The second-order valence-corrected chi connectivity index (χ2v) is 3.57. The monoisotopic (exact) mass is 249 g/mol. The molecule has 1 rings (SSSR count). The second-order valence-electron chi connectivity index (χ2n) is 3.57. The van der Waals surface area contributed by atoms with Gasteiger partial charge in [-0.2, -0.15) is 13.2 Å². The molecule has 1 aromatic carbocycles. The fourth-order valence-electron chi connectivity index (χ4n) is 1.35. The van der Waals surface area contributed by atoms with Crippen molar-refractivity contribution in [1.82, 2.24) is 0 Å². The molecule has 0 saturated carbocycles. The van der Waals surface area contributed by atoms with Gasteiger partial charge in [-0.05, 0) is 24.1 Å². The summed E-state index contributed by atoms with van der Waals surface area (Å²) in [5.74, 6) is 0.877. The van der Waals surface area contributed by atoms with Gasteiger partial charge in [0.25, 0.3) is 0 Å². The first-order valence-corrected chi connectivity index (χ1v) is 4.91. The lowest BCUT2D eigenvalue weighted by Crippen LogP contribution is -2.39. The van der Waals surface area contributed by atoms with Gasteiger partial charge in [-0.25, -0.2) is 0 Å². The smallest absolute Gasteiger partial charge is 0.403 e. The maximum absolute atomic E-state index is 12.3. The lowest BCUT2D eigenvalue weighted by Gasteiger charge is -2.16. The van der Waals surface area contributed by atoms with Crippen molar-refractivity contribution in [1.29, 1.82) is 0 Å². The molecule has 96 valence electrons. The van der Waals surface area contributed by atoms with Crippen LogP contribution in [0.15, 0.2) is 18.2 Å². The molecule has 0 bridgehead atoms. The minimum absolute atomic E-state index is 0.308. The molecule has 0 saturated heterocycles. The van der Waals surface area contributed by atoms with Crippen molar-refractivity contribution in [2.24, 2.45) is 5.73 Å². The third-order valence-corrected chi connectivity index (χ3v) is 2.29. The fourth-order valence-corrected chi connectivity index (χ4v) is 1.35. The van der Waals surface area contributed by atoms with E-state index < -0.39 is 12.2 Å².